The largest absolute Gasteiger partial charge is 0.353 e. The number of nitrogens with zero attached hydrogens (tertiary/aromatic N) is 6. The van der Waals surface area contributed by atoms with Gasteiger partial charge in [0.2, 0.25) is 5.91 Å². The zero-order chi connectivity index (χ0) is 18.8. The molecule has 4 rings (SSSR count). The molecule has 1 aliphatic rings. The number of anilines is 1. The van der Waals surface area contributed by atoms with E-state index in [-0.39, 0.29) is 5.91 Å². The lowest BCUT2D eigenvalue weighted by molar-refractivity contribution is -0.130. The third kappa shape index (κ3) is 3.63. The van der Waals surface area contributed by atoms with E-state index in [2.05, 4.69) is 33.2 Å². The van der Waals surface area contributed by atoms with Crippen molar-refractivity contribution in [2.75, 3.05) is 31.1 Å². The minimum atomic E-state index is 0.198. The molecule has 27 heavy (non-hydrogen) atoms. The Hall–Kier alpha value is -2.96. The van der Waals surface area contributed by atoms with Crippen LogP contribution in [0, 0.1) is 13.8 Å². The summed E-state index contributed by atoms with van der Waals surface area (Å²) in [5.41, 5.74) is 3.03. The van der Waals surface area contributed by atoms with Crippen molar-refractivity contribution in [3.05, 3.63) is 53.3 Å². The minimum Gasteiger partial charge on any atom is -0.353 e. The summed E-state index contributed by atoms with van der Waals surface area (Å²) in [6.07, 6.45) is 1.40. The fourth-order valence-electron chi connectivity index (χ4n) is 3.53. The van der Waals surface area contributed by atoms with E-state index in [1.807, 2.05) is 42.2 Å². The first kappa shape index (κ1) is 17.5. The molecule has 1 fully saturated rings. The molecule has 1 aromatic carbocycles. The van der Waals surface area contributed by atoms with Gasteiger partial charge in [-0.15, -0.1) is 15.3 Å². The number of rotatable bonds is 3. The molecule has 0 atom stereocenters. The van der Waals surface area contributed by atoms with Crippen LogP contribution < -0.4 is 4.90 Å². The van der Waals surface area contributed by atoms with Gasteiger partial charge in [0.15, 0.2) is 11.5 Å². The molecule has 0 N–H and O–H groups in total. The molecule has 2 aromatic heterocycles. The second-order valence-corrected chi connectivity index (χ2v) is 7.03. The van der Waals surface area contributed by atoms with Crippen molar-refractivity contribution in [3.63, 3.8) is 0 Å². The Kier molecular flexibility index (Phi) is 4.75. The number of benzene rings is 1. The van der Waals surface area contributed by atoms with Gasteiger partial charge in [-0.25, -0.2) is 0 Å². The summed E-state index contributed by atoms with van der Waals surface area (Å²) in [6.45, 7) is 7.11. The number of aromatic nitrogens is 4. The number of hydrogen-bond donors (Lipinski definition) is 0. The third-order valence-electron chi connectivity index (χ3n) is 5.18. The van der Waals surface area contributed by atoms with Gasteiger partial charge >= 0.3 is 0 Å². The monoisotopic (exact) mass is 364 g/mol. The molecule has 1 saturated heterocycles. The van der Waals surface area contributed by atoms with Gasteiger partial charge in [0.25, 0.3) is 0 Å². The molecule has 3 heterocycles. The van der Waals surface area contributed by atoms with Crippen LogP contribution in [-0.2, 0) is 11.2 Å². The molecule has 7 heteroatoms. The van der Waals surface area contributed by atoms with Crippen molar-refractivity contribution in [1.82, 2.24) is 24.7 Å². The molecule has 0 radical (unpaired) electrons. The van der Waals surface area contributed by atoms with Crippen molar-refractivity contribution in [2.45, 2.75) is 26.7 Å². The highest BCUT2D eigenvalue weighted by Gasteiger charge is 2.21. The summed E-state index contributed by atoms with van der Waals surface area (Å²) in [7, 11) is 0. The molecular weight excluding hydrogens is 340 g/mol. The van der Waals surface area contributed by atoms with Crippen molar-refractivity contribution < 1.29 is 4.79 Å². The first-order valence-electron chi connectivity index (χ1n) is 9.38. The lowest BCUT2D eigenvalue weighted by Crippen LogP contribution is -2.36. The SMILES string of the molecule is Cc1ccccc1CC(=O)N1CCCN(c2ccc3nnc(C)n3n2)CC1. The van der Waals surface area contributed by atoms with Gasteiger partial charge < -0.3 is 9.80 Å². The Morgan fingerprint density at radius 1 is 1.00 bits per heavy atom. The smallest absolute Gasteiger partial charge is 0.227 e. The van der Waals surface area contributed by atoms with E-state index in [9.17, 15) is 4.79 Å². The molecule has 1 amide bonds. The zero-order valence-corrected chi connectivity index (χ0v) is 15.8. The first-order chi connectivity index (χ1) is 13.1. The van der Waals surface area contributed by atoms with Crippen LogP contribution in [0.25, 0.3) is 5.65 Å². The summed E-state index contributed by atoms with van der Waals surface area (Å²) >= 11 is 0. The number of fused-ring (bicyclic) bond motifs is 1. The Balaban J connectivity index is 1.44. The number of carbonyl (C=O) groups excluding carboxylic acids is 1. The molecule has 0 unspecified atom stereocenters. The average molecular weight is 364 g/mol. The van der Waals surface area contributed by atoms with Gasteiger partial charge in [-0.05, 0) is 43.5 Å². The fourth-order valence-corrected chi connectivity index (χ4v) is 3.53. The molecule has 7 nitrogen and oxygen atoms in total. The normalized spacial score (nSPS) is 15.2. The van der Waals surface area contributed by atoms with Gasteiger partial charge in [0, 0.05) is 26.2 Å². The maximum Gasteiger partial charge on any atom is 0.227 e. The van der Waals surface area contributed by atoms with Gasteiger partial charge in [-0.2, -0.15) is 4.52 Å². The standard InChI is InChI=1S/C20H24N6O/c1-15-6-3-4-7-17(15)14-20(27)25-11-5-10-24(12-13-25)19-9-8-18-22-21-16(2)26(18)23-19/h3-4,6-9H,5,10-14H2,1-2H3. The Bertz CT molecular complexity index is 966. The van der Waals surface area contributed by atoms with E-state index in [0.29, 0.717) is 13.0 Å². The highest BCUT2D eigenvalue weighted by molar-refractivity contribution is 5.79. The lowest BCUT2D eigenvalue weighted by Gasteiger charge is -2.23. The zero-order valence-electron chi connectivity index (χ0n) is 15.8. The lowest BCUT2D eigenvalue weighted by atomic mass is 10.1. The highest BCUT2D eigenvalue weighted by Crippen LogP contribution is 2.16. The van der Waals surface area contributed by atoms with E-state index < -0.39 is 0 Å². The Morgan fingerprint density at radius 2 is 1.85 bits per heavy atom. The van der Waals surface area contributed by atoms with E-state index in [1.54, 1.807) is 4.52 Å². The summed E-state index contributed by atoms with van der Waals surface area (Å²) in [6, 6.07) is 12.0. The molecular formula is C20H24N6O. The second-order valence-electron chi connectivity index (χ2n) is 7.03. The van der Waals surface area contributed by atoms with Gasteiger partial charge in [0.1, 0.15) is 5.82 Å². The van der Waals surface area contributed by atoms with Crippen LogP contribution in [0.1, 0.15) is 23.4 Å². The number of carbonyl (C=O) groups is 1. The number of hydrogen-bond acceptors (Lipinski definition) is 5. The average Bonchev–Trinajstić information content (AvgIpc) is 2.89. The van der Waals surface area contributed by atoms with Gasteiger partial charge in [0.05, 0.1) is 6.42 Å². The summed E-state index contributed by atoms with van der Waals surface area (Å²) in [4.78, 5) is 17.0. The van der Waals surface area contributed by atoms with Gasteiger partial charge in [-0.3, -0.25) is 4.79 Å². The van der Waals surface area contributed by atoms with E-state index in [0.717, 1.165) is 48.9 Å². The number of aryl methyl sites for hydroxylation is 2. The van der Waals surface area contributed by atoms with Crippen molar-refractivity contribution in [3.8, 4) is 0 Å². The van der Waals surface area contributed by atoms with Crippen LogP contribution in [-0.4, -0.2) is 56.8 Å². The molecule has 3 aromatic rings. The van der Waals surface area contributed by atoms with Crippen molar-refractivity contribution in [1.29, 1.82) is 0 Å². The van der Waals surface area contributed by atoms with Crippen molar-refractivity contribution in [2.24, 2.45) is 0 Å². The van der Waals surface area contributed by atoms with E-state index in [4.69, 9.17) is 0 Å². The maximum atomic E-state index is 12.8. The first-order valence-corrected chi connectivity index (χ1v) is 9.38. The van der Waals surface area contributed by atoms with E-state index >= 15 is 0 Å². The second kappa shape index (κ2) is 7.34. The molecule has 0 spiro atoms. The molecule has 140 valence electrons. The van der Waals surface area contributed by atoms with Crippen LogP contribution in [0.3, 0.4) is 0 Å². The maximum absolute atomic E-state index is 12.8. The quantitative estimate of drug-likeness (QED) is 0.711. The molecule has 0 aliphatic carbocycles. The topological polar surface area (TPSA) is 66.6 Å². The van der Waals surface area contributed by atoms with Crippen LogP contribution in [0.15, 0.2) is 36.4 Å². The highest BCUT2D eigenvalue weighted by atomic mass is 16.2. The summed E-state index contributed by atoms with van der Waals surface area (Å²) in [5.74, 6) is 1.87. The number of amides is 1. The minimum absolute atomic E-state index is 0.198. The predicted molar refractivity (Wildman–Crippen MR) is 104 cm³/mol. The molecule has 0 bridgehead atoms. The van der Waals surface area contributed by atoms with Crippen LogP contribution in [0.2, 0.25) is 0 Å². The molecule has 1 aliphatic heterocycles. The Labute approximate surface area is 158 Å². The van der Waals surface area contributed by atoms with Crippen molar-refractivity contribution >= 4 is 17.4 Å². The summed E-state index contributed by atoms with van der Waals surface area (Å²) < 4.78 is 1.77. The van der Waals surface area contributed by atoms with Crippen LogP contribution >= 0.6 is 0 Å². The van der Waals surface area contributed by atoms with Crippen LogP contribution in [0.5, 0.6) is 0 Å². The molecule has 0 saturated carbocycles. The Morgan fingerprint density at radius 3 is 2.70 bits per heavy atom. The van der Waals surface area contributed by atoms with Gasteiger partial charge in [-0.1, -0.05) is 24.3 Å². The predicted octanol–water partition coefficient (Wildman–Crippen LogP) is 2.02. The fraction of sp³-hybridized carbons (Fsp3) is 0.400. The van der Waals surface area contributed by atoms with E-state index in [1.165, 1.54) is 5.56 Å². The summed E-state index contributed by atoms with van der Waals surface area (Å²) in [5, 5.41) is 12.8. The third-order valence-corrected chi connectivity index (χ3v) is 5.18. The van der Waals surface area contributed by atoms with Crippen LogP contribution in [0.4, 0.5) is 5.82 Å².